The predicted octanol–water partition coefficient (Wildman–Crippen LogP) is 11.2. The number of anilines is 2. The number of allylic oxidation sites excluding steroid dienone is 2. The summed E-state index contributed by atoms with van der Waals surface area (Å²) in [6.07, 6.45) is 9.47. The lowest BCUT2D eigenvalue weighted by atomic mass is 9.89. The Kier molecular flexibility index (Phi) is 30.6. The molecule has 36 nitrogen and oxygen atoms in total. The summed E-state index contributed by atoms with van der Waals surface area (Å²) < 4.78 is 95.1. The molecule has 10 heterocycles. The van der Waals surface area contributed by atoms with Gasteiger partial charge in [0.1, 0.15) is 94.0 Å². The number of thiazole rings is 2. The highest BCUT2D eigenvalue weighted by molar-refractivity contribution is 7.87. The van der Waals surface area contributed by atoms with Gasteiger partial charge < -0.3 is 80.3 Å². The zero-order chi connectivity index (χ0) is 94.6. The average Bonchev–Trinajstić information content (AvgIpc) is 1.58. The molecule has 2 aromatic carbocycles. The molecule has 4 saturated heterocycles. The summed E-state index contributed by atoms with van der Waals surface area (Å²) in [6, 6.07) is 9.87. The van der Waals surface area contributed by atoms with Crippen LogP contribution in [0.2, 0.25) is 0 Å². The fraction of sp³-hybridized carbons (Fsp3) is 0.604. The maximum absolute atomic E-state index is 15.0. The molecule has 8 aliphatic rings. The maximum Gasteiger partial charge on any atom is 0.408 e. The molecular formula is C91H126N16O20S4. The lowest BCUT2D eigenvalue weighted by Gasteiger charge is -2.38. The maximum atomic E-state index is 15.0. The standard InChI is InChI=1S/C46H64N8O10S2.C45H62N8O10S2/c1-27(2)47-43-49-36(26-65-43)35-22-38(32-17-16-30(62-8)20-34(32)48-35)63-31-21-37-40(55)51-46(42(57)58)23-29(46)14-12-10-9-11-13-15-33(41(56)53(37)24-31)50-44(59)64-39(45(5,6)7)25-52-18-19-54(28(3)4)66(52,60)61;1-27(2)46-42-48-35(26-64-42)34-22-37(31-17-16-29(61-7)20-33(31)47-34)62-30-21-36-39(54)50-45(41(56)57)23-28(45)14-11-9-8-10-12-15-32(40(55)53(36)24-30)49-43(58)63-38(44(3,4)5)25-52-19-13-18-51(6)65(52,59)60/h12,14,16-17,20,22,26-29,31,33,37,39H,9-11,13,15,18-19,21,23-25H2,1-8H3,(H,47,49)(H,50,59)(H,51,55)(H,57,58);11,14,16-17,20,22,26-28,30,32,36,38H,8-10,12-13,15,18-19,21,23-25H2,1-7H3,(H,46,48)(H,49,58)(H,50,54)(H,56,57)/b14-12-;14-11-/t29?,31-,33+,37+,39-,46-;28?,30-,32+,36+,38-,45-/m11/s1. The van der Waals surface area contributed by atoms with Crippen molar-refractivity contribution in [3.05, 3.63) is 83.6 Å². The number of methoxy groups -OCH3 is 2. The topological polar surface area (TPSA) is 444 Å². The summed E-state index contributed by atoms with van der Waals surface area (Å²) in [5, 5.41) is 45.2. The van der Waals surface area contributed by atoms with Crippen LogP contribution in [0.5, 0.6) is 23.0 Å². The Morgan fingerprint density at radius 2 is 0.977 bits per heavy atom. The Morgan fingerprint density at radius 3 is 1.37 bits per heavy atom. The molecule has 0 spiro atoms. The SMILES string of the molecule is COc1ccc2c(O[C@@H]3C[C@H]4C(=O)N[C@]5(C(=O)O)CC5/C=C\CCCCC[C@H](NC(=O)O[C@H](CN5CCCN(C)S5(=O)=O)C(C)(C)C)C(=O)N4C3)cc(-c3csc(NC(C)C)n3)nc2c1.COc1ccc2c(O[C@@H]3C[C@H]4C(=O)N[C@]5(C(=O)O)CC5/C=C\CCCCC[C@H](NC(=O)O[C@H](CN5CCN(C(C)C)S5(=O)=O)C(C)(C)C)C(=O)N4C3)cc(-c3csc(NC(C)C)n3)nc2c1. The van der Waals surface area contributed by atoms with E-state index < -0.39 is 150 Å². The van der Waals surface area contributed by atoms with Gasteiger partial charge in [0.05, 0.1) is 62.8 Å². The number of aromatic nitrogens is 4. The molecule has 8 N–H and O–H groups in total. The number of alkyl carbamates (subject to hydrolysis) is 2. The largest absolute Gasteiger partial charge is 0.497 e. The number of carbonyl (C=O) groups is 8. The molecule has 12 atom stereocenters. The van der Waals surface area contributed by atoms with Crippen LogP contribution < -0.4 is 50.8 Å². The van der Waals surface area contributed by atoms with E-state index in [-0.39, 0.29) is 95.9 Å². The fourth-order valence-electron chi connectivity index (χ4n) is 17.5. The minimum absolute atomic E-state index is 0.0171. The zero-order valence-corrected chi connectivity index (χ0v) is 80.5. The van der Waals surface area contributed by atoms with Crippen LogP contribution in [0.4, 0.5) is 19.9 Å². The highest BCUT2D eigenvalue weighted by atomic mass is 32.2. The minimum Gasteiger partial charge on any atom is -0.497 e. The average molecular weight is 1890 g/mol. The van der Waals surface area contributed by atoms with Crippen LogP contribution in [0.25, 0.3) is 44.6 Å². The minimum atomic E-state index is -3.79. The Bertz CT molecular complexity index is 5500. The molecule has 6 fully saturated rings. The van der Waals surface area contributed by atoms with Crippen LogP contribution in [-0.4, -0.2) is 273 Å². The van der Waals surface area contributed by atoms with Gasteiger partial charge in [-0.15, -0.1) is 22.7 Å². The first-order chi connectivity index (χ1) is 62.0. The van der Waals surface area contributed by atoms with Crippen molar-refractivity contribution in [1.82, 2.24) is 68.2 Å². The van der Waals surface area contributed by atoms with E-state index in [1.165, 1.54) is 56.7 Å². The molecule has 6 aliphatic heterocycles. The third-order valence-corrected chi connectivity index (χ3v) is 31.0. The molecule has 14 rings (SSSR count). The monoisotopic (exact) mass is 1890 g/mol. The van der Waals surface area contributed by atoms with E-state index in [1.54, 1.807) is 50.6 Å². The molecule has 6 amide bonds. The number of aliphatic carboxylic acids is 2. The van der Waals surface area contributed by atoms with Gasteiger partial charge in [-0.2, -0.15) is 34.1 Å². The van der Waals surface area contributed by atoms with Gasteiger partial charge in [0, 0.05) is 133 Å². The molecular weight excluding hydrogens is 1770 g/mol. The summed E-state index contributed by atoms with van der Waals surface area (Å²) in [6.45, 7) is 23.7. The smallest absolute Gasteiger partial charge is 0.408 e. The van der Waals surface area contributed by atoms with Crippen molar-refractivity contribution < 1.29 is 93.8 Å². The van der Waals surface area contributed by atoms with Gasteiger partial charge in [-0.1, -0.05) is 91.5 Å². The van der Waals surface area contributed by atoms with Gasteiger partial charge in [0.15, 0.2) is 10.3 Å². The van der Waals surface area contributed by atoms with Crippen molar-refractivity contribution in [3.8, 4) is 45.8 Å². The number of rotatable bonds is 23. The summed E-state index contributed by atoms with van der Waals surface area (Å²) >= 11 is 2.89. The van der Waals surface area contributed by atoms with Crippen molar-refractivity contribution in [2.75, 3.05) is 84.3 Å². The van der Waals surface area contributed by atoms with E-state index >= 15 is 0 Å². The van der Waals surface area contributed by atoms with Crippen molar-refractivity contribution in [2.24, 2.45) is 22.7 Å². The lowest BCUT2D eigenvalue weighted by Crippen LogP contribution is -2.57. The number of nitrogens with one attached hydrogen (secondary N) is 6. The number of ether oxygens (including phenoxy) is 6. The zero-order valence-electron chi connectivity index (χ0n) is 77.2. The first-order valence-corrected chi connectivity index (χ1v) is 49.8. The second-order valence-electron chi connectivity index (χ2n) is 38.2. The van der Waals surface area contributed by atoms with E-state index in [9.17, 15) is 65.4 Å². The first kappa shape index (κ1) is 98.4. The third kappa shape index (κ3) is 23.0. The number of carboxylic acid groups (broad SMARTS) is 2. The number of nitrogens with zero attached hydrogens (tertiary/aromatic N) is 10. The van der Waals surface area contributed by atoms with Crippen LogP contribution in [0.15, 0.2) is 83.6 Å². The normalized spacial score (nSPS) is 26.3. The van der Waals surface area contributed by atoms with Crippen LogP contribution in [0, 0.1) is 22.7 Å². The van der Waals surface area contributed by atoms with Crippen LogP contribution in [0.1, 0.15) is 179 Å². The molecule has 131 heavy (non-hydrogen) atoms. The highest BCUT2D eigenvalue weighted by Gasteiger charge is 2.63. The summed E-state index contributed by atoms with van der Waals surface area (Å²) in [5.74, 6) is -3.50. The fourth-order valence-corrected chi connectivity index (χ4v) is 22.4. The number of amides is 6. The molecule has 40 heteroatoms. The van der Waals surface area contributed by atoms with Crippen molar-refractivity contribution in [2.45, 2.75) is 257 Å². The molecule has 714 valence electrons. The van der Waals surface area contributed by atoms with Gasteiger partial charge in [0.2, 0.25) is 23.6 Å². The number of carboxylic acids is 2. The summed E-state index contributed by atoms with van der Waals surface area (Å²) in [5.41, 5.74) is -0.958. The number of pyridine rings is 2. The van der Waals surface area contributed by atoms with Crippen LogP contribution >= 0.6 is 22.7 Å². The van der Waals surface area contributed by atoms with Crippen LogP contribution in [-0.2, 0) is 58.7 Å². The Labute approximate surface area is 773 Å². The molecule has 2 unspecified atom stereocenters. The Balaban J connectivity index is 0.000000223. The molecule has 4 aromatic heterocycles. The second-order valence-corrected chi connectivity index (χ2v) is 43.9. The predicted molar refractivity (Wildman–Crippen MR) is 496 cm³/mol. The third-order valence-electron chi connectivity index (χ3n) is 25.3. The lowest BCUT2D eigenvalue weighted by molar-refractivity contribution is -0.146. The van der Waals surface area contributed by atoms with E-state index in [0.29, 0.717) is 126 Å². The number of hydrogen-bond acceptors (Lipinski definition) is 26. The van der Waals surface area contributed by atoms with Gasteiger partial charge in [-0.25, -0.2) is 39.1 Å². The van der Waals surface area contributed by atoms with E-state index in [0.717, 1.165) is 23.1 Å². The summed E-state index contributed by atoms with van der Waals surface area (Å²) in [4.78, 5) is 134. The molecule has 0 bridgehead atoms. The highest BCUT2D eigenvalue weighted by Crippen LogP contribution is 2.48. The molecule has 6 aromatic rings. The van der Waals surface area contributed by atoms with Crippen LogP contribution in [0.3, 0.4) is 0 Å². The number of hydrogen-bond donors (Lipinski definition) is 8. The van der Waals surface area contributed by atoms with Crippen molar-refractivity contribution in [3.63, 3.8) is 0 Å². The molecule has 0 radical (unpaired) electrons. The van der Waals surface area contributed by atoms with E-state index in [2.05, 4.69) is 31.9 Å². The summed E-state index contributed by atoms with van der Waals surface area (Å²) in [7, 11) is -2.90. The number of benzene rings is 2. The van der Waals surface area contributed by atoms with Gasteiger partial charge in [-0.3, -0.25) is 19.2 Å². The van der Waals surface area contributed by atoms with E-state index in [1.807, 2.05) is 130 Å². The van der Waals surface area contributed by atoms with Crippen molar-refractivity contribution >= 4 is 123 Å². The van der Waals surface area contributed by atoms with Gasteiger partial charge in [0.25, 0.3) is 20.4 Å². The molecule has 2 saturated carbocycles. The van der Waals surface area contributed by atoms with Gasteiger partial charge in [-0.05, 0) is 124 Å². The van der Waals surface area contributed by atoms with E-state index in [4.69, 9.17) is 48.4 Å². The van der Waals surface area contributed by atoms with Gasteiger partial charge >= 0.3 is 24.1 Å². The Hall–Kier alpha value is -10.1. The Morgan fingerprint density at radius 1 is 0.550 bits per heavy atom. The second kappa shape index (κ2) is 40.8. The van der Waals surface area contributed by atoms with Crippen molar-refractivity contribution in [1.29, 1.82) is 0 Å². The quantitative estimate of drug-likeness (QED) is 0.0276. The first-order valence-electron chi connectivity index (χ1n) is 45.2. The molecule has 2 aliphatic carbocycles. The number of carbonyl (C=O) groups excluding carboxylic acids is 6. The number of fused-ring (bicyclic) bond motifs is 6.